The van der Waals surface area contributed by atoms with Crippen LogP contribution < -0.4 is 0 Å². The first kappa shape index (κ1) is 30.4. The Morgan fingerprint density at radius 1 is 0.833 bits per heavy atom. The number of hydroxylamine groups is 2. The molecule has 0 N–H and O–H groups in total. The molecule has 0 spiro atoms. The molecule has 0 saturated carbocycles. The topological polar surface area (TPSA) is 119 Å². The van der Waals surface area contributed by atoms with E-state index in [0.717, 1.165) is 0 Å². The molecule has 0 aromatic carbocycles. The summed E-state index contributed by atoms with van der Waals surface area (Å²) in [5.41, 5.74) is -0.974. The lowest BCUT2D eigenvalue weighted by molar-refractivity contribution is -0.247. The highest BCUT2D eigenvalue weighted by molar-refractivity contribution is 5.67. The first-order valence-corrected chi connectivity index (χ1v) is 12.3. The molecule has 0 radical (unpaired) electrons. The molecule has 11 heteroatoms. The van der Waals surface area contributed by atoms with Gasteiger partial charge in [0.15, 0.2) is 6.10 Å². The summed E-state index contributed by atoms with van der Waals surface area (Å²) >= 11 is 0. The summed E-state index contributed by atoms with van der Waals surface area (Å²) in [7, 11) is 1.55. The van der Waals surface area contributed by atoms with Crippen LogP contribution in [0.2, 0.25) is 0 Å². The van der Waals surface area contributed by atoms with Crippen LogP contribution in [0.3, 0.4) is 0 Å². The lowest BCUT2D eigenvalue weighted by Gasteiger charge is -2.46. The van der Waals surface area contributed by atoms with Crippen molar-refractivity contribution in [2.45, 2.75) is 110 Å². The van der Waals surface area contributed by atoms with Crippen LogP contribution in [0.4, 0.5) is 0 Å². The maximum absolute atomic E-state index is 12.2. The highest BCUT2D eigenvalue weighted by Crippen LogP contribution is 2.39. The predicted octanol–water partition coefficient (Wildman–Crippen LogP) is 2.04. The van der Waals surface area contributed by atoms with Crippen molar-refractivity contribution < 1.29 is 47.6 Å². The van der Waals surface area contributed by atoms with Crippen molar-refractivity contribution in [2.75, 3.05) is 26.9 Å². The highest BCUT2D eigenvalue weighted by Gasteiger charge is 2.57. The monoisotopic (exact) mass is 517 g/mol. The lowest BCUT2D eigenvalue weighted by atomic mass is 9.83. The second-order valence-corrected chi connectivity index (χ2v) is 11.2. The molecule has 2 heterocycles. The zero-order valence-electron chi connectivity index (χ0n) is 23.2. The Kier molecular flexibility index (Phi) is 10.3. The molecule has 0 aromatic rings. The fourth-order valence-electron chi connectivity index (χ4n) is 4.75. The van der Waals surface area contributed by atoms with Gasteiger partial charge in [0.2, 0.25) is 0 Å². The standard InChI is InChI=1S/C25H43NO10/c1-14(27)31-13-19-23(34-16(3)29)21(33-15(2)28)17(12-32-19)20-22(36-25(7,8)9)18(11-26(20)30-10)35-24(4,5)6/h17-23H,11-13H2,1-10H3/t17?,18-,19?,20+,21?,22+,23+/m0/s1. The van der Waals surface area contributed by atoms with Gasteiger partial charge in [-0.3, -0.25) is 14.4 Å². The average molecular weight is 518 g/mol. The minimum Gasteiger partial charge on any atom is -0.463 e. The normalized spacial score (nSPS) is 31.7. The van der Waals surface area contributed by atoms with Gasteiger partial charge in [-0.15, -0.1) is 0 Å². The Balaban J connectivity index is 2.51. The van der Waals surface area contributed by atoms with E-state index in [1.165, 1.54) is 20.8 Å². The molecule has 0 aromatic heterocycles. The first-order valence-electron chi connectivity index (χ1n) is 12.3. The summed E-state index contributed by atoms with van der Waals surface area (Å²) in [5, 5.41) is 1.74. The predicted molar refractivity (Wildman–Crippen MR) is 128 cm³/mol. The number of esters is 3. The first-order chi connectivity index (χ1) is 16.5. The van der Waals surface area contributed by atoms with Crippen LogP contribution >= 0.6 is 0 Å². The van der Waals surface area contributed by atoms with E-state index in [1.807, 2.05) is 41.5 Å². The number of carbonyl (C=O) groups is 3. The second kappa shape index (κ2) is 12.2. The van der Waals surface area contributed by atoms with Gasteiger partial charge < -0.3 is 33.3 Å². The zero-order valence-corrected chi connectivity index (χ0v) is 23.2. The van der Waals surface area contributed by atoms with Crippen molar-refractivity contribution in [3.05, 3.63) is 0 Å². The third kappa shape index (κ3) is 8.65. The molecule has 3 unspecified atom stereocenters. The van der Waals surface area contributed by atoms with Crippen LogP contribution in [0.1, 0.15) is 62.3 Å². The summed E-state index contributed by atoms with van der Waals surface area (Å²) in [6.07, 6.45) is -3.60. The number of ether oxygens (including phenoxy) is 6. The van der Waals surface area contributed by atoms with E-state index in [1.54, 1.807) is 12.2 Å². The van der Waals surface area contributed by atoms with Gasteiger partial charge >= 0.3 is 17.9 Å². The number of rotatable bonds is 8. The summed E-state index contributed by atoms with van der Waals surface area (Å²) in [4.78, 5) is 41.4. The van der Waals surface area contributed by atoms with Crippen molar-refractivity contribution >= 4 is 17.9 Å². The van der Waals surface area contributed by atoms with Gasteiger partial charge in [0, 0.05) is 26.7 Å². The van der Waals surface area contributed by atoms with Gasteiger partial charge in [-0.1, -0.05) is 0 Å². The minimum atomic E-state index is -1.01. The minimum absolute atomic E-state index is 0.110. The van der Waals surface area contributed by atoms with Gasteiger partial charge in [-0.25, -0.2) is 0 Å². The van der Waals surface area contributed by atoms with Gasteiger partial charge in [0.25, 0.3) is 0 Å². The van der Waals surface area contributed by atoms with Gasteiger partial charge in [0.05, 0.1) is 37.5 Å². The van der Waals surface area contributed by atoms with Crippen LogP contribution in [0.25, 0.3) is 0 Å². The van der Waals surface area contributed by atoms with Crippen molar-refractivity contribution in [2.24, 2.45) is 5.92 Å². The Hall–Kier alpha value is -1.79. The Morgan fingerprint density at radius 2 is 1.39 bits per heavy atom. The maximum atomic E-state index is 12.2. The molecule has 208 valence electrons. The van der Waals surface area contributed by atoms with E-state index in [0.29, 0.717) is 6.54 Å². The maximum Gasteiger partial charge on any atom is 0.303 e. The van der Waals surface area contributed by atoms with Gasteiger partial charge in [-0.05, 0) is 41.5 Å². The lowest BCUT2D eigenvalue weighted by Crippen LogP contribution is -2.61. The molecule has 2 rings (SSSR count). The number of carbonyl (C=O) groups excluding carboxylic acids is 3. The van der Waals surface area contributed by atoms with E-state index in [9.17, 15) is 14.4 Å². The summed E-state index contributed by atoms with van der Waals surface area (Å²) in [5.74, 6) is -2.16. The van der Waals surface area contributed by atoms with E-state index in [4.69, 9.17) is 33.3 Å². The van der Waals surface area contributed by atoms with Crippen LogP contribution in [0.15, 0.2) is 0 Å². The average Bonchev–Trinajstić information content (AvgIpc) is 3.01. The van der Waals surface area contributed by atoms with Crippen molar-refractivity contribution in [1.82, 2.24) is 5.06 Å². The SMILES string of the molecule is CON1C[C@H](OC(C)(C)C)[C@@H](OC(C)(C)C)[C@H]1C1COC(COC(C)=O)[C@@H](OC(C)=O)C1OC(C)=O. The Labute approximate surface area is 213 Å². The summed E-state index contributed by atoms with van der Waals surface area (Å²) < 4.78 is 35.4. The smallest absolute Gasteiger partial charge is 0.303 e. The molecule has 0 amide bonds. The zero-order chi connectivity index (χ0) is 27.4. The van der Waals surface area contributed by atoms with E-state index < -0.39 is 65.5 Å². The Bertz CT molecular complexity index is 774. The molecule has 2 fully saturated rings. The molecule has 36 heavy (non-hydrogen) atoms. The van der Waals surface area contributed by atoms with Crippen LogP contribution in [0.5, 0.6) is 0 Å². The molecule has 0 aliphatic carbocycles. The highest BCUT2D eigenvalue weighted by atomic mass is 16.7. The van der Waals surface area contributed by atoms with Crippen molar-refractivity contribution in [3.8, 4) is 0 Å². The number of hydrogen-bond acceptors (Lipinski definition) is 11. The number of hydrogen-bond donors (Lipinski definition) is 0. The van der Waals surface area contributed by atoms with Gasteiger partial charge in [0.1, 0.15) is 31.0 Å². The largest absolute Gasteiger partial charge is 0.463 e. The third-order valence-electron chi connectivity index (χ3n) is 5.73. The van der Waals surface area contributed by atoms with E-state index in [-0.39, 0.29) is 19.3 Å². The quantitative estimate of drug-likeness (QED) is 0.347. The van der Waals surface area contributed by atoms with Crippen molar-refractivity contribution in [1.29, 1.82) is 0 Å². The van der Waals surface area contributed by atoms with E-state index >= 15 is 0 Å². The fourth-order valence-corrected chi connectivity index (χ4v) is 4.75. The van der Waals surface area contributed by atoms with Crippen LogP contribution in [-0.4, -0.2) is 97.6 Å². The van der Waals surface area contributed by atoms with Crippen LogP contribution in [0, 0.1) is 5.92 Å². The van der Waals surface area contributed by atoms with Crippen LogP contribution in [-0.2, 0) is 47.6 Å². The Morgan fingerprint density at radius 3 is 1.86 bits per heavy atom. The molecule has 0 bridgehead atoms. The van der Waals surface area contributed by atoms with Gasteiger partial charge in [-0.2, -0.15) is 5.06 Å². The summed E-state index contributed by atoms with van der Waals surface area (Å²) in [6.45, 7) is 15.9. The summed E-state index contributed by atoms with van der Waals surface area (Å²) in [6, 6.07) is -0.473. The van der Waals surface area contributed by atoms with E-state index in [2.05, 4.69) is 0 Å². The second-order valence-electron chi connectivity index (χ2n) is 11.2. The molecular formula is C25H43NO10. The molecule has 11 nitrogen and oxygen atoms in total. The fraction of sp³-hybridized carbons (Fsp3) is 0.880. The molecule has 2 saturated heterocycles. The number of nitrogens with zero attached hydrogens (tertiary/aromatic N) is 1. The van der Waals surface area contributed by atoms with Crippen molar-refractivity contribution in [3.63, 3.8) is 0 Å². The molecule has 7 atom stereocenters. The molecular weight excluding hydrogens is 474 g/mol. The molecule has 2 aliphatic rings. The molecule has 2 aliphatic heterocycles. The third-order valence-corrected chi connectivity index (χ3v) is 5.73.